The predicted octanol–water partition coefficient (Wildman–Crippen LogP) is 3.24. The van der Waals surface area contributed by atoms with Gasteiger partial charge in [0.1, 0.15) is 17.2 Å². The molecule has 2 rings (SSSR count). The lowest BCUT2D eigenvalue weighted by Crippen LogP contribution is -2.41. The number of hydrogen-bond donors (Lipinski definition) is 4. The summed E-state index contributed by atoms with van der Waals surface area (Å²) < 4.78 is 38.1. The summed E-state index contributed by atoms with van der Waals surface area (Å²) in [4.78, 5) is 29.1. The first-order valence-corrected chi connectivity index (χ1v) is 12.8. The molecule has 0 spiro atoms. The van der Waals surface area contributed by atoms with Gasteiger partial charge in [0.05, 0.1) is 17.4 Å². The number of alkyl carbamates (subject to hydrolysis) is 1. The smallest absolute Gasteiger partial charge is 0.408 e. The molecule has 2 aromatic rings. The van der Waals surface area contributed by atoms with Gasteiger partial charge in [-0.3, -0.25) is 14.1 Å². The molecule has 12 heteroatoms. The number of rotatable bonds is 11. The summed E-state index contributed by atoms with van der Waals surface area (Å²) in [5, 5.41) is 8.00. The first kappa shape index (κ1) is 26.6. The van der Waals surface area contributed by atoms with E-state index >= 15 is 0 Å². The van der Waals surface area contributed by atoms with E-state index in [0.717, 1.165) is 22.7 Å². The number of benzene rings is 1. The summed E-state index contributed by atoms with van der Waals surface area (Å²) in [5.74, 6) is -0.399. The lowest BCUT2D eigenvalue weighted by molar-refractivity contribution is -0.121. The summed E-state index contributed by atoms with van der Waals surface area (Å²) >= 11 is 1.43. The van der Waals surface area contributed by atoms with Gasteiger partial charge in [-0.1, -0.05) is 26.0 Å². The molecule has 2 amide bonds. The highest BCUT2D eigenvalue weighted by Crippen LogP contribution is 2.24. The number of nitrogens with one attached hydrogen (secondary N) is 3. The average molecular weight is 499 g/mol. The molecule has 0 aliphatic carbocycles. The van der Waals surface area contributed by atoms with Crippen molar-refractivity contribution in [2.75, 3.05) is 11.3 Å². The van der Waals surface area contributed by atoms with Crippen LogP contribution in [0.15, 0.2) is 29.6 Å². The van der Waals surface area contributed by atoms with E-state index in [1.807, 2.05) is 23.9 Å². The van der Waals surface area contributed by atoms with E-state index in [1.54, 1.807) is 26.0 Å². The van der Waals surface area contributed by atoms with Gasteiger partial charge in [0, 0.05) is 5.38 Å². The van der Waals surface area contributed by atoms with Crippen LogP contribution in [0.5, 0.6) is 0 Å². The minimum atomic E-state index is -4.36. The summed E-state index contributed by atoms with van der Waals surface area (Å²) in [6.07, 6.45) is 1.12. The molecule has 0 saturated carbocycles. The highest BCUT2D eigenvalue weighted by Gasteiger charge is 2.22. The maximum Gasteiger partial charge on any atom is 0.408 e. The second-order valence-electron chi connectivity index (χ2n) is 7.99. The molecular formula is C21H30N4O6S2. The summed E-state index contributed by atoms with van der Waals surface area (Å²) in [7, 11) is -4.36. The fourth-order valence-corrected chi connectivity index (χ4v) is 4.08. The zero-order valence-corrected chi connectivity index (χ0v) is 20.7. The number of anilines is 1. The number of ether oxygens (including phenoxy) is 1. The van der Waals surface area contributed by atoms with Crippen LogP contribution < -0.4 is 15.4 Å². The molecule has 4 N–H and O–H groups in total. The minimum Gasteiger partial charge on any atom is -0.444 e. The lowest BCUT2D eigenvalue weighted by atomic mass is 10.1. The predicted molar refractivity (Wildman–Crippen MR) is 127 cm³/mol. The Kier molecular flexibility index (Phi) is 9.20. The molecule has 10 nitrogen and oxygen atoms in total. The van der Waals surface area contributed by atoms with Crippen LogP contribution in [-0.4, -0.2) is 42.1 Å². The highest BCUT2D eigenvalue weighted by atomic mass is 32.2. The van der Waals surface area contributed by atoms with Crippen LogP contribution in [0, 0.1) is 0 Å². The van der Waals surface area contributed by atoms with Gasteiger partial charge in [-0.25, -0.2) is 9.78 Å². The molecule has 1 aromatic heterocycles. The van der Waals surface area contributed by atoms with Gasteiger partial charge in [-0.15, -0.1) is 11.3 Å². The molecule has 1 atom stereocenters. The van der Waals surface area contributed by atoms with E-state index < -0.39 is 33.9 Å². The fraction of sp³-hybridized carbons (Fsp3) is 0.476. The van der Waals surface area contributed by atoms with Crippen molar-refractivity contribution < 1.29 is 27.3 Å². The van der Waals surface area contributed by atoms with E-state index in [9.17, 15) is 18.0 Å². The van der Waals surface area contributed by atoms with E-state index in [0.29, 0.717) is 12.8 Å². The molecule has 182 valence electrons. The molecule has 1 heterocycles. The van der Waals surface area contributed by atoms with Crippen molar-refractivity contribution in [2.45, 2.75) is 58.6 Å². The fourth-order valence-electron chi connectivity index (χ4n) is 2.70. The van der Waals surface area contributed by atoms with Crippen molar-refractivity contribution in [3.8, 4) is 0 Å². The molecule has 0 aliphatic rings. The van der Waals surface area contributed by atoms with Crippen LogP contribution in [0.1, 0.15) is 56.4 Å². The molecule has 0 aliphatic heterocycles. The number of aryl methyl sites for hydroxylation is 1. The summed E-state index contributed by atoms with van der Waals surface area (Å²) in [5.41, 5.74) is 1.30. The number of hydrogen-bond acceptors (Lipinski definition) is 7. The molecule has 0 unspecified atom stereocenters. The second-order valence-corrected chi connectivity index (χ2v) is 10.0. The molecule has 1 aromatic carbocycles. The van der Waals surface area contributed by atoms with Crippen molar-refractivity contribution in [1.29, 1.82) is 0 Å². The zero-order chi connectivity index (χ0) is 24.6. The number of carbonyl (C=O) groups is 2. The Balaban J connectivity index is 2.07. The van der Waals surface area contributed by atoms with Crippen LogP contribution in [0.3, 0.4) is 0 Å². The molecule has 0 saturated heterocycles. The Morgan fingerprint density at radius 1 is 1.21 bits per heavy atom. The third-order valence-corrected chi connectivity index (χ3v) is 6.32. The second kappa shape index (κ2) is 11.4. The van der Waals surface area contributed by atoms with Gasteiger partial charge >= 0.3 is 16.4 Å². The van der Waals surface area contributed by atoms with E-state index in [2.05, 4.69) is 15.6 Å². The van der Waals surface area contributed by atoms with Crippen LogP contribution in [0.25, 0.3) is 0 Å². The number of amides is 2. The van der Waals surface area contributed by atoms with Crippen molar-refractivity contribution in [3.63, 3.8) is 0 Å². The van der Waals surface area contributed by atoms with Gasteiger partial charge in [0.2, 0.25) is 5.91 Å². The van der Waals surface area contributed by atoms with Crippen molar-refractivity contribution in [2.24, 2.45) is 0 Å². The first-order chi connectivity index (χ1) is 15.4. The number of aromatic nitrogens is 1. The number of nitrogens with zero attached hydrogens (tertiary/aromatic N) is 1. The third kappa shape index (κ3) is 9.36. The number of carbonyl (C=O) groups excluding carboxylic acids is 2. The number of thiazole rings is 1. The molecule has 0 radical (unpaired) electrons. The topological polar surface area (TPSA) is 147 Å². The monoisotopic (exact) mass is 498 g/mol. The van der Waals surface area contributed by atoms with Gasteiger partial charge in [0.25, 0.3) is 0 Å². The highest BCUT2D eigenvalue weighted by molar-refractivity contribution is 7.87. The molecular weight excluding hydrogens is 468 g/mol. The standard InChI is InChI=1S/C21H30N4O6S2/c1-5-15-13-32-19(23-15)17(11-14-7-9-16(10-8-14)25-33(28,29)30)24-18(26)12-22-20(27)31-21(3,4)6-2/h7-10,13,17,25H,5-6,11-12H2,1-4H3,(H,22,27)(H,24,26)(H,28,29,30)/t17-/m0/s1. The Bertz CT molecular complexity index is 1050. The Labute approximate surface area is 198 Å². The third-order valence-electron chi connectivity index (χ3n) is 4.82. The maximum atomic E-state index is 12.5. The van der Waals surface area contributed by atoms with E-state index in [4.69, 9.17) is 9.29 Å². The Hall–Kier alpha value is -2.70. The molecule has 0 fully saturated rings. The van der Waals surface area contributed by atoms with Crippen molar-refractivity contribution in [1.82, 2.24) is 15.6 Å². The van der Waals surface area contributed by atoms with Gasteiger partial charge in [0.15, 0.2) is 0 Å². The van der Waals surface area contributed by atoms with Crippen LogP contribution in [-0.2, 0) is 32.7 Å². The average Bonchev–Trinajstić information content (AvgIpc) is 3.21. The largest absolute Gasteiger partial charge is 0.444 e. The minimum absolute atomic E-state index is 0.210. The summed E-state index contributed by atoms with van der Waals surface area (Å²) in [6.45, 7) is 7.20. The molecule has 33 heavy (non-hydrogen) atoms. The zero-order valence-electron chi connectivity index (χ0n) is 19.0. The lowest BCUT2D eigenvalue weighted by Gasteiger charge is -2.23. The van der Waals surface area contributed by atoms with Gasteiger partial charge in [-0.2, -0.15) is 8.42 Å². The van der Waals surface area contributed by atoms with Crippen LogP contribution >= 0.6 is 11.3 Å². The SMILES string of the molecule is CCc1csc([C@H](Cc2ccc(NS(=O)(=O)O)cc2)NC(=O)CNC(=O)OC(C)(C)CC)n1. The van der Waals surface area contributed by atoms with Crippen molar-refractivity contribution >= 4 is 39.3 Å². The molecule has 0 bridgehead atoms. The van der Waals surface area contributed by atoms with E-state index in [-0.39, 0.29) is 12.2 Å². The van der Waals surface area contributed by atoms with Crippen molar-refractivity contribution in [3.05, 3.63) is 45.9 Å². The van der Waals surface area contributed by atoms with Crippen LogP contribution in [0.4, 0.5) is 10.5 Å². The maximum absolute atomic E-state index is 12.5. The summed E-state index contributed by atoms with van der Waals surface area (Å²) in [6, 6.07) is 5.93. The quantitative estimate of drug-likeness (QED) is 0.348. The Morgan fingerprint density at radius 2 is 1.88 bits per heavy atom. The van der Waals surface area contributed by atoms with Gasteiger partial charge < -0.3 is 15.4 Å². The normalized spacial score (nSPS) is 12.6. The first-order valence-electron chi connectivity index (χ1n) is 10.5. The van der Waals surface area contributed by atoms with Gasteiger partial charge in [-0.05, 0) is 50.8 Å². The van der Waals surface area contributed by atoms with Crippen LogP contribution in [0.2, 0.25) is 0 Å². The Morgan fingerprint density at radius 3 is 2.42 bits per heavy atom. The van der Waals surface area contributed by atoms with E-state index in [1.165, 1.54) is 23.5 Å².